The third-order valence-corrected chi connectivity index (χ3v) is 5.86. The van der Waals surface area contributed by atoms with Gasteiger partial charge in [0.05, 0.1) is 13.7 Å². The van der Waals surface area contributed by atoms with E-state index in [9.17, 15) is 9.18 Å². The quantitative estimate of drug-likeness (QED) is 0.213. The van der Waals surface area contributed by atoms with Gasteiger partial charge in [0.1, 0.15) is 23.9 Å². The molecule has 6 nitrogen and oxygen atoms in total. The van der Waals surface area contributed by atoms with Crippen molar-refractivity contribution in [1.29, 1.82) is 0 Å². The van der Waals surface area contributed by atoms with Crippen LogP contribution < -0.4 is 10.5 Å². The van der Waals surface area contributed by atoms with Crippen LogP contribution in [-0.4, -0.2) is 38.0 Å². The van der Waals surface area contributed by atoms with Crippen LogP contribution in [0.2, 0.25) is 0 Å². The molecule has 2 N–H and O–H groups in total. The molecular weight excluding hydrogens is 435 g/mol. The normalized spacial score (nSPS) is 13.1. The molecule has 0 spiro atoms. The molecule has 0 aliphatic rings. The number of ether oxygens (including phenoxy) is 3. The number of nitrogens with zero attached hydrogens (tertiary/aromatic N) is 1. The van der Waals surface area contributed by atoms with E-state index in [1.165, 1.54) is 12.1 Å². The summed E-state index contributed by atoms with van der Waals surface area (Å²) in [5.74, 6) is -0.154. The van der Waals surface area contributed by atoms with Crippen molar-refractivity contribution in [3.63, 3.8) is 0 Å². The molecule has 4 aromatic rings. The molecule has 3 aromatic carbocycles. The second-order valence-electron chi connectivity index (χ2n) is 7.95. The zero-order valence-corrected chi connectivity index (χ0v) is 19.2. The van der Waals surface area contributed by atoms with Gasteiger partial charge in [-0.05, 0) is 35.9 Å². The number of carbonyl (C=O) groups is 1. The van der Waals surface area contributed by atoms with Crippen molar-refractivity contribution in [2.24, 2.45) is 5.73 Å². The molecule has 1 heterocycles. The van der Waals surface area contributed by atoms with Crippen LogP contribution in [0.5, 0.6) is 5.75 Å². The molecule has 0 aliphatic heterocycles. The second kappa shape index (κ2) is 10.2. The third kappa shape index (κ3) is 4.46. The maximum absolute atomic E-state index is 14.4. The van der Waals surface area contributed by atoms with E-state index in [0.29, 0.717) is 41.0 Å². The maximum Gasteiger partial charge on any atom is 0.191 e. The summed E-state index contributed by atoms with van der Waals surface area (Å²) in [5.41, 5.74) is 7.69. The number of halogens is 1. The zero-order chi connectivity index (χ0) is 24.1. The maximum atomic E-state index is 14.4. The predicted molar refractivity (Wildman–Crippen MR) is 128 cm³/mol. The average Bonchev–Trinajstić information content (AvgIpc) is 3.24. The van der Waals surface area contributed by atoms with Gasteiger partial charge >= 0.3 is 0 Å². The van der Waals surface area contributed by atoms with Gasteiger partial charge in [-0.25, -0.2) is 4.39 Å². The van der Waals surface area contributed by atoms with Crippen molar-refractivity contribution in [3.05, 3.63) is 102 Å². The summed E-state index contributed by atoms with van der Waals surface area (Å²) >= 11 is 0. The van der Waals surface area contributed by atoms with Crippen molar-refractivity contribution in [2.45, 2.75) is 12.1 Å². The molecule has 34 heavy (non-hydrogen) atoms. The zero-order valence-electron chi connectivity index (χ0n) is 19.2. The standard InChI is InChI=1S/C27H27FN2O4/c1-32-18-34-14-13-30-17-24(23-16-21(28)11-12-25(23)30)27(29,20-9-6-10-22(15-20)33-2)26(31)19-7-4-3-5-8-19/h3-12,15-17H,13-14,18,29H2,1-2H3. The van der Waals surface area contributed by atoms with E-state index >= 15 is 0 Å². The minimum Gasteiger partial charge on any atom is -0.497 e. The topological polar surface area (TPSA) is 75.7 Å². The molecule has 176 valence electrons. The van der Waals surface area contributed by atoms with Gasteiger partial charge in [0, 0.05) is 41.9 Å². The number of nitrogens with two attached hydrogens (primary N) is 1. The fourth-order valence-electron chi connectivity index (χ4n) is 4.17. The lowest BCUT2D eigenvalue weighted by molar-refractivity contribution is -0.0327. The Morgan fingerprint density at radius 1 is 1.03 bits per heavy atom. The molecule has 0 radical (unpaired) electrons. The highest BCUT2D eigenvalue weighted by atomic mass is 19.1. The molecule has 7 heteroatoms. The molecule has 0 saturated carbocycles. The summed E-state index contributed by atoms with van der Waals surface area (Å²) in [6.07, 6.45) is 1.81. The minimum absolute atomic E-state index is 0.164. The first-order valence-electron chi connectivity index (χ1n) is 10.9. The predicted octanol–water partition coefficient (Wildman–Crippen LogP) is 4.49. The van der Waals surface area contributed by atoms with Gasteiger partial charge in [-0.3, -0.25) is 4.79 Å². The molecule has 1 aromatic heterocycles. The first kappa shape index (κ1) is 23.6. The van der Waals surface area contributed by atoms with Crippen LogP contribution in [0.1, 0.15) is 21.5 Å². The van der Waals surface area contributed by atoms with Gasteiger partial charge in [-0.1, -0.05) is 42.5 Å². The number of hydrogen-bond donors (Lipinski definition) is 1. The van der Waals surface area contributed by atoms with E-state index < -0.39 is 11.4 Å². The molecule has 1 atom stereocenters. The van der Waals surface area contributed by atoms with Crippen molar-refractivity contribution in [2.75, 3.05) is 27.6 Å². The summed E-state index contributed by atoms with van der Waals surface area (Å²) in [7, 11) is 3.11. The Kier molecular flexibility index (Phi) is 7.07. The number of fused-ring (bicyclic) bond motifs is 1. The van der Waals surface area contributed by atoms with Crippen molar-refractivity contribution >= 4 is 16.7 Å². The van der Waals surface area contributed by atoms with Crippen LogP contribution in [0, 0.1) is 5.82 Å². The number of carbonyl (C=O) groups excluding carboxylic acids is 1. The summed E-state index contributed by atoms with van der Waals surface area (Å²) in [6.45, 7) is 1.01. The summed E-state index contributed by atoms with van der Waals surface area (Å²) < 4.78 is 32.1. The second-order valence-corrected chi connectivity index (χ2v) is 7.95. The highest BCUT2D eigenvalue weighted by Crippen LogP contribution is 2.38. The Bertz CT molecular complexity index is 1290. The number of Topliss-reactive ketones (excluding diaryl/α,β-unsaturated/α-hetero) is 1. The van der Waals surface area contributed by atoms with Crippen molar-refractivity contribution < 1.29 is 23.4 Å². The van der Waals surface area contributed by atoms with E-state index in [4.69, 9.17) is 19.9 Å². The van der Waals surface area contributed by atoms with E-state index in [2.05, 4.69) is 0 Å². The van der Waals surface area contributed by atoms with Gasteiger partial charge < -0.3 is 24.5 Å². The van der Waals surface area contributed by atoms with Gasteiger partial charge in [0.15, 0.2) is 5.78 Å². The monoisotopic (exact) mass is 462 g/mol. The third-order valence-electron chi connectivity index (χ3n) is 5.86. The number of ketones is 1. The number of hydrogen-bond acceptors (Lipinski definition) is 5. The molecule has 0 bridgehead atoms. The summed E-state index contributed by atoms with van der Waals surface area (Å²) in [4.78, 5) is 14.0. The smallest absolute Gasteiger partial charge is 0.191 e. The number of methoxy groups -OCH3 is 2. The number of aromatic nitrogens is 1. The van der Waals surface area contributed by atoms with Gasteiger partial charge in [0.2, 0.25) is 0 Å². The lowest BCUT2D eigenvalue weighted by Crippen LogP contribution is -2.46. The lowest BCUT2D eigenvalue weighted by Gasteiger charge is -2.29. The Balaban J connectivity index is 1.93. The molecular formula is C27H27FN2O4. The highest BCUT2D eigenvalue weighted by molar-refractivity contribution is 6.08. The Hall–Kier alpha value is -3.52. The van der Waals surface area contributed by atoms with Crippen LogP contribution in [0.15, 0.2) is 79.0 Å². The van der Waals surface area contributed by atoms with Gasteiger partial charge in [0.25, 0.3) is 0 Å². The molecule has 0 aliphatic carbocycles. The Morgan fingerprint density at radius 3 is 2.56 bits per heavy atom. The molecule has 1 unspecified atom stereocenters. The Morgan fingerprint density at radius 2 is 1.82 bits per heavy atom. The van der Waals surface area contributed by atoms with Crippen LogP contribution in [0.3, 0.4) is 0 Å². The average molecular weight is 463 g/mol. The molecule has 0 fully saturated rings. The summed E-state index contributed by atoms with van der Waals surface area (Å²) in [6, 6.07) is 20.4. The Labute approximate surface area is 197 Å². The number of rotatable bonds is 10. The van der Waals surface area contributed by atoms with Gasteiger partial charge in [-0.2, -0.15) is 0 Å². The van der Waals surface area contributed by atoms with Crippen LogP contribution in [0.25, 0.3) is 10.9 Å². The SMILES string of the molecule is COCOCCn1cc(C(N)(C(=O)c2ccccc2)c2cccc(OC)c2)c2cc(F)ccc21. The van der Waals surface area contributed by atoms with E-state index in [1.54, 1.807) is 75.0 Å². The molecule has 0 saturated heterocycles. The van der Waals surface area contributed by atoms with E-state index in [-0.39, 0.29) is 12.6 Å². The fraction of sp³-hybridized carbons (Fsp3) is 0.222. The largest absolute Gasteiger partial charge is 0.497 e. The van der Waals surface area contributed by atoms with E-state index in [1.807, 2.05) is 10.6 Å². The van der Waals surface area contributed by atoms with Crippen LogP contribution in [-0.2, 0) is 21.6 Å². The highest BCUT2D eigenvalue weighted by Gasteiger charge is 2.41. The van der Waals surface area contributed by atoms with Gasteiger partial charge in [-0.15, -0.1) is 0 Å². The fourth-order valence-corrected chi connectivity index (χ4v) is 4.17. The molecule has 0 amide bonds. The van der Waals surface area contributed by atoms with Crippen LogP contribution >= 0.6 is 0 Å². The molecule has 4 rings (SSSR count). The van der Waals surface area contributed by atoms with E-state index in [0.717, 1.165) is 5.52 Å². The van der Waals surface area contributed by atoms with Crippen molar-refractivity contribution in [3.8, 4) is 5.75 Å². The number of benzene rings is 3. The minimum atomic E-state index is -1.60. The first-order valence-corrected chi connectivity index (χ1v) is 10.9. The van der Waals surface area contributed by atoms with Crippen molar-refractivity contribution in [1.82, 2.24) is 4.57 Å². The summed E-state index contributed by atoms with van der Waals surface area (Å²) in [5, 5.41) is 0.557. The van der Waals surface area contributed by atoms with Crippen LogP contribution in [0.4, 0.5) is 4.39 Å². The first-order chi connectivity index (χ1) is 16.5. The lowest BCUT2D eigenvalue weighted by atomic mass is 9.77.